The van der Waals surface area contributed by atoms with Gasteiger partial charge in [-0.05, 0) is 13.3 Å². The molecule has 2 heterocycles. The first-order valence-electron chi connectivity index (χ1n) is 8.13. The number of aryl methyl sites for hydroxylation is 2. The second kappa shape index (κ2) is 7.21. The molecule has 3 rings (SSSR count). The molecule has 1 aromatic carbocycles. The number of hydrogen-bond acceptors (Lipinski definition) is 6. The Balaban J connectivity index is 1.66. The average molecular weight is 323 g/mol. The average Bonchev–Trinajstić information content (AvgIpc) is 3.10. The maximum atomic E-state index is 5.40. The number of aromatic nitrogens is 4. The van der Waals surface area contributed by atoms with Crippen molar-refractivity contribution in [2.24, 2.45) is 0 Å². The smallest absolute Gasteiger partial charge is 0.231 e. The molecule has 124 valence electrons. The summed E-state index contributed by atoms with van der Waals surface area (Å²) in [5.74, 6) is 2.91. The van der Waals surface area contributed by atoms with Gasteiger partial charge in [0.1, 0.15) is 11.6 Å². The lowest BCUT2D eigenvalue weighted by Crippen LogP contribution is -2.12. The van der Waals surface area contributed by atoms with Gasteiger partial charge in [-0.1, -0.05) is 49.3 Å². The van der Waals surface area contributed by atoms with Crippen LogP contribution in [0.2, 0.25) is 0 Å². The molecule has 0 fully saturated rings. The molecule has 0 bridgehead atoms. The van der Waals surface area contributed by atoms with Crippen molar-refractivity contribution in [1.82, 2.24) is 20.1 Å². The van der Waals surface area contributed by atoms with Crippen LogP contribution in [0.5, 0.6) is 0 Å². The quantitative estimate of drug-likeness (QED) is 0.746. The molecule has 1 unspecified atom stereocenters. The van der Waals surface area contributed by atoms with E-state index in [4.69, 9.17) is 4.52 Å². The first-order valence-corrected chi connectivity index (χ1v) is 8.13. The van der Waals surface area contributed by atoms with Crippen LogP contribution in [-0.4, -0.2) is 26.7 Å². The number of hydrogen-bond donors (Lipinski definition) is 1. The van der Waals surface area contributed by atoms with Crippen molar-refractivity contribution in [1.29, 1.82) is 0 Å². The van der Waals surface area contributed by atoms with Crippen LogP contribution >= 0.6 is 0 Å². The highest BCUT2D eigenvalue weighted by Gasteiger charge is 2.15. The zero-order valence-corrected chi connectivity index (χ0v) is 14.2. The second-order valence-corrected chi connectivity index (χ2v) is 5.75. The lowest BCUT2D eigenvalue weighted by Gasteiger charge is -2.10. The molecule has 0 radical (unpaired) electrons. The van der Waals surface area contributed by atoms with Crippen molar-refractivity contribution in [2.45, 2.75) is 33.1 Å². The van der Waals surface area contributed by atoms with Crippen molar-refractivity contribution in [3.05, 3.63) is 53.8 Å². The van der Waals surface area contributed by atoms with Gasteiger partial charge in [-0.3, -0.25) is 0 Å². The third-order valence-corrected chi connectivity index (χ3v) is 3.74. The van der Waals surface area contributed by atoms with Gasteiger partial charge in [-0.2, -0.15) is 4.98 Å². The Morgan fingerprint density at radius 3 is 2.67 bits per heavy atom. The molecular formula is C18H21N5O. The molecule has 1 N–H and O–H groups in total. The Kier molecular flexibility index (Phi) is 4.84. The monoisotopic (exact) mass is 323 g/mol. The normalized spacial score (nSPS) is 12.1. The number of benzene rings is 1. The van der Waals surface area contributed by atoms with Crippen LogP contribution in [0, 0.1) is 6.92 Å². The minimum absolute atomic E-state index is 0.0790. The maximum absolute atomic E-state index is 5.40. The number of rotatable bonds is 6. The van der Waals surface area contributed by atoms with Crippen molar-refractivity contribution in [2.75, 3.05) is 11.9 Å². The van der Waals surface area contributed by atoms with Gasteiger partial charge in [-0.15, -0.1) is 0 Å². The van der Waals surface area contributed by atoms with Gasteiger partial charge in [0, 0.05) is 23.9 Å². The standard InChI is InChI=1S/C18H21N5O/c1-4-15-10-16(21-13(3)20-15)19-11-12(2)18-22-17(23-24-18)14-8-6-5-7-9-14/h5-10,12H,4,11H2,1-3H3,(H,19,20,21). The van der Waals surface area contributed by atoms with E-state index in [2.05, 4.69) is 32.3 Å². The Hall–Kier alpha value is -2.76. The van der Waals surface area contributed by atoms with Crippen molar-refractivity contribution in [3.63, 3.8) is 0 Å². The van der Waals surface area contributed by atoms with Gasteiger partial charge in [0.15, 0.2) is 0 Å². The summed E-state index contributed by atoms with van der Waals surface area (Å²) in [5.41, 5.74) is 1.98. The predicted molar refractivity (Wildman–Crippen MR) is 92.8 cm³/mol. The first kappa shape index (κ1) is 16.1. The van der Waals surface area contributed by atoms with E-state index in [1.165, 1.54) is 0 Å². The molecule has 1 atom stereocenters. The molecule has 0 spiro atoms. The molecule has 0 aliphatic rings. The van der Waals surface area contributed by atoms with Crippen molar-refractivity contribution >= 4 is 5.82 Å². The molecule has 0 aliphatic heterocycles. The fourth-order valence-corrected chi connectivity index (χ4v) is 2.39. The van der Waals surface area contributed by atoms with E-state index in [9.17, 15) is 0 Å². The number of nitrogens with zero attached hydrogens (tertiary/aromatic N) is 4. The fourth-order valence-electron chi connectivity index (χ4n) is 2.39. The summed E-state index contributed by atoms with van der Waals surface area (Å²) < 4.78 is 5.40. The predicted octanol–water partition coefficient (Wildman–Crippen LogP) is 3.61. The van der Waals surface area contributed by atoms with Gasteiger partial charge in [-0.25, -0.2) is 9.97 Å². The molecular weight excluding hydrogens is 302 g/mol. The van der Waals surface area contributed by atoms with Crippen LogP contribution in [-0.2, 0) is 6.42 Å². The van der Waals surface area contributed by atoms with Gasteiger partial charge in [0.05, 0.1) is 5.92 Å². The highest BCUT2D eigenvalue weighted by molar-refractivity contribution is 5.53. The molecule has 6 nitrogen and oxygen atoms in total. The second-order valence-electron chi connectivity index (χ2n) is 5.75. The summed E-state index contributed by atoms with van der Waals surface area (Å²) in [5, 5.41) is 7.39. The Labute approximate surface area is 141 Å². The van der Waals surface area contributed by atoms with Crippen LogP contribution in [0.4, 0.5) is 5.82 Å². The molecule has 6 heteroatoms. The first-order chi connectivity index (χ1) is 11.7. The topological polar surface area (TPSA) is 76.7 Å². The van der Waals surface area contributed by atoms with Crippen LogP contribution < -0.4 is 5.32 Å². The summed E-state index contributed by atoms with van der Waals surface area (Å²) in [6.07, 6.45) is 0.887. The minimum Gasteiger partial charge on any atom is -0.369 e. The third kappa shape index (κ3) is 3.76. The molecule has 0 saturated heterocycles. The largest absolute Gasteiger partial charge is 0.369 e. The molecule has 0 amide bonds. The van der Waals surface area contributed by atoms with Crippen LogP contribution in [0.15, 0.2) is 40.9 Å². The summed E-state index contributed by atoms with van der Waals surface area (Å²) in [6, 6.07) is 11.8. The zero-order valence-electron chi connectivity index (χ0n) is 14.2. The van der Waals surface area contributed by atoms with Gasteiger partial charge in [0.25, 0.3) is 0 Å². The summed E-state index contributed by atoms with van der Waals surface area (Å²) >= 11 is 0. The molecule has 24 heavy (non-hydrogen) atoms. The fraction of sp³-hybridized carbons (Fsp3) is 0.333. The van der Waals surface area contributed by atoms with E-state index < -0.39 is 0 Å². The van der Waals surface area contributed by atoms with Crippen LogP contribution in [0.3, 0.4) is 0 Å². The Morgan fingerprint density at radius 2 is 1.92 bits per heavy atom. The molecule has 3 aromatic rings. The number of nitrogens with one attached hydrogen (secondary N) is 1. The van der Waals surface area contributed by atoms with E-state index in [0.717, 1.165) is 29.3 Å². The minimum atomic E-state index is 0.0790. The lowest BCUT2D eigenvalue weighted by molar-refractivity contribution is 0.363. The maximum Gasteiger partial charge on any atom is 0.231 e. The molecule has 0 saturated carbocycles. The highest BCUT2D eigenvalue weighted by atomic mass is 16.5. The van der Waals surface area contributed by atoms with Gasteiger partial charge >= 0.3 is 0 Å². The van der Waals surface area contributed by atoms with Gasteiger partial charge in [0.2, 0.25) is 11.7 Å². The molecule has 0 aliphatic carbocycles. The zero-order chi connectivity index (χ0) is 16.9. The summed E-state index contributed by atoms with van der Waals surface area (Å²) in [4.78, 5) is 13.3. The van der Waals surface area contributed by atoms with Crippen LogP contribution in [0.25, 0.3) is 11.4 Å². The van der Waals surface area contributed by atoms with E-state index in [-0.39, 0.29) is 5.92 Å². The van der Waals surface area contributed by atoms with E-state index >= 15 is 0 Å². The summed E-state index contributed by atoms with van der Waals surface area (Å²) in [7, 11) is 0. The van der Waals surface area contributed by atoms with Crippen molar-refractivity contribution in [3.8, 4) is 11.4 Å². The Bertz CT molecular complexity index is 800. The van der Waals surface area contributed by atoms with E-state index in [1.807, 2.05) is 50.2 Å². The van der Waals surface area contributed by atoms with Gasteiger partial charge < -0.3 is 9.84 Å². The van der Waals surface area contributed by atoms with E-state index in [0.29, 0.717) is 18.3 Å². The van der Waals surface area contributed by atoms with E-state index in [1.54, 1.807) is 0 Å². The van der Waals surface area contributed by atoms with Crippen molar-refractivity contribution < 1.29 is 4.52 Å². The summed E-state index contributed by atoms with van der Waals surface area (Å²) in [6.45, 7) is 6.69. The SMILES string of the molecule is CCc1cc(NCC(C)c2nc(-c3ccccc3)no2)nc(C)n1. The Morgan fingerprint density at radius 1 is 1.12 bits per heavy atom. The van der Waals surface area contributed by atoms with Crippen LogP contribution in [0.1, 0.15) is 37.2 Å². The lowest BCUT2D eigenvalue weighted by atomic mass is 10.1. The third-order valence-electron chi connectivity index (χ3n) is 3.74. The highest BCUT2D eigenvalue weighted by Crippen LogP contribution is 2.20. The number of anilines is 1. The molecule has 2 aromatic heterocycles.